The van der Waals surface area contributed by atoms with E-state index >= 15 is 0 Å². The molecule has 1 aliphatic heterocycles. The Morgan fingerprint density at radius 3 is 2.93 bits per heavy atom. The number of rotatable bonds is 3. The average molecular weight is 226 g/mol. The quantitative estimate of drug-likeness (QED) is 0.852. The van der Waals surface area contributed by atoms with Crippen LogP contribution in [0.25, 0.3) is 0 Å². The molecule has 1 fully saturated rings. The van der Waals surface area contributed by atoms with Crippen molar-refractivity contribution in [3.05, 3.63) is 15.6 Å². The van der Waals surface area contributed by atoms with Crippen molar-refractivity contribution < 1.29 is 5.11 Å². The highest BCUT2D eigenvalue weighted by Crippen LogP contribution is 2.24. The minimum Gasteiger partial charge on any atom is -0.395 e. The van der Waals surface area contributed by atoms with Crippen molar-refractivity contribution in [2.45, 2.75) is 39.3 Å². The summed E-state index contributed by atoms with van der Waals surface area (Å²) in [5.74, 6) is 0. The van der Waals surface area contributed by atoms with E-state index in [2.05, 4.69) is 23.7 Å². The molecule has 2 heterocycles. The summed E-state index contributed by atoms with van der Waals surface area (Å²) in [6, 6.07) is 0.367. The summed E-state index contributed by atoms with van der Waals surface area (Å²) in [4.78, 5) is 8.16. The van der Waals surface area contributed by atoms with Crippen LogP contribution in [-0.2, 0) is 6.54 Å². The molecule has 1 atom stereocenters. The van der Waals surface area contributed by atoms with E-state index < -0.39 is 0 Å². The molecule has 4 heteroatoms. The number of hydrogen-bond acceptors (Lipinski definition) is 4. The molecule has 1 unspecified atom stereocenters. The number of likely N-dealkylation sites (tertiary alicyclic amines) is 1. The molecule has 3 nitrogen and oxygen atoms in total. The van der Waals surface area contributed by atoms with Gasteiger partial charge in [-0.1, -0.05) is 0 Å². The SMILES string of the molecule is Cc1nc(C)c(CN2CCCC2CO)s1. The largest absolute Gasteiger partial charge is 0.395 e. The predicted octanol–water partition coefficient (Wildman–Crippen LogP) is 1.72. The number of aliphatic hydroxyl groups excluding tert-OH is 1. The second kappa shape index (κ2) is 4.60. The fourth-order valence-corrected chi connectivity index (χ4v) is 3.18. The Bertz CT molecular complexity index is 337. The third kappa shape index (κ3) is 2.38. The summed E-state index contributed by atoms with van der Waals surface area (Å²) in [7, 11) is 0. The van der Waals surface area contributed by atoms with Gasteiger partial charge in [0.2, 0.25) is 0 Å². The van der Waals surface area contributed by atoms with Gasteiger partial charge in [0.05, 0.1) is 17.3 Å². The normalized spacial score (nSPS) is 22.5. The summed E-state index contributed by atoms with van der Waals surface area (Å²) in [6.45, 7) is 6.48. The number of hydrogen-bond donors (Lipinski definition) is 1. The standard InChI is InChI=1S/C11H18N2OS/c1-8-11(15-9(2)12-8)6-13-5-3-4-10(13)7-14/h10,14H,3-7H2,1-2H3. The number of aliphatic hydroxyl groups is 1. The lowest BCUT2D eigenvalue weighted by molar-refractivity contribution is 0.154. The summed E-state index contributed by atoms with van der Waals surface area (Å²) in [6.07, 6.45) is 2.34. The molecule has 0 amide bonds. The third-order valence-electron chi connectivity index (χ3n) is 3.06. The first-order valence-electron chi connectivity index (χ1n) is 5.48. The Morgan fingerprint density at radius 1 is 1.53 bits per heavy atom. The van der Waals surface area contributed by atoms with Crippen molar-refractivity contribution in [2.75, 3.05) is 13.2 Å². The minimum absolute atomic E-state index is 0.289. The summed E-state index contributed by atoms with van der Waals surface area (Å²) in [5.41, 5.74) is 1.15. The highest BCUT2D eigenvalue weighted by molar-refractivity contribution is 7.11. The molecule has 1 saturated heterocycles. The molecule has 0 radical (unpaired) electrons. The van der Waals surface area contributed by atoms with Crippen LogP contribution in [0.15, 0.2) is 0 Å². The molecule has 0 spiro atoms. The van der Waals surface area contributed by atoms with Gasteiger partial charge in [0.1, 0.15) is 0 Å². The molecule has 2 rings (SSSR count). The molecule has 1 aromatic rings. The smallest absolute Gasteiger partial charge is 0.0900 e. The van der Waals surface area contributed by atoms with E-state index in [0.717, 1.165) is 30.2 Å². The maximum Gasteiger partial charge on any atom is 0.0900 e. The molecule has 1 aliphatic rings. The van der Waals surface area contributed by atoms with Crippen LogP contribution in [0, 0.1) is 13.8 Å². The number of aryl methyl sites for hydroxylation is 2. The first-order chi connectivity index (χ1) is 7.20. The van der Waals surface area contributed by atoms with Gasteiger partial charge in [-0.05, 0) is 33.2 Å². The second-order valence-corrected chi connectivity index (χ2v) is 5.48. The Hall–Kier alpha value is -0.450. The van der Waals surface area contributed by atoms with Gasteiger partial charge in [-0.25, -0.2) is 4.98 Å². The van der Waals surface area contributed by atoms with Crippen LogP contribution in [0.1, 0.15) is 28.4 Å². The Kier molecular flexibility index (Phi) is 3.38. The maximum atomic E-state index is 9.24. The van der Waals surface area contributed by atoms with E-state index in [1.54, 1.807) is 11.3 Å². The van der Waals surface area contributed by atoms with Crippen molar-refractivity contribution in [1.82, 2.24) is 9.88 Å². The molecule has 0 bridgehead atoms. The molecular formula is C11H18N2OS. The molecule has 1 N–H and O–H groups in total. The van der Waals surface area contributed by atoms with E-state index in [9.17, 15) is 5.11 Å². The summed E-state index contributed by atoms with van der Waals surface area (Å²) < 4.78 is 0. The third-order valence-corrected chi connectivity index (χ3v) is 4.11. The fraction of sp³-hybridized carbons (Fsp3) is 0.727. The van der Waals surface area contributed by atoms with Gasteiger partial charge < -0.3 is 5.11 Å². The first kappa shape index (κ1) is 11.0. The average Bonchev–Trinajstić information content (AvgIpc) is 2.74. The molecule has 84 valence electrons. The zero-order valence-electron chi connectivity index (χ0n) is 9.36. The minimum atomic E-state index is 0.289. The highest BCUT2D eigenvalue weighted by atomic mass is 32.1. The zero-order valence-corrected chi connectivity index (χ0v) is 10.2. The predicted molar refractivity (Wildman–Crippen MR) is 62.1 cm³/mol. The van der Waals surface area contributed by atoms with E-state index in [1.807, 2.05) is 0 Å². The van der Waals surface area contributed by atoms with E-state index in [0.29, 0.717) is 6.04 Å². The Morgan fingerprint density at radius 2 is 2.33 bits per heavy atom. The summed E-state index contributed by atoms with van der Waals surface area (Å²) in [5, 5.41) is 10.4. The van der Waals surface area contributed by atoms with Gasteiger partial charge in [-0.2, -0.15) is 0 Å². The van der Waals surface area contributed by atoms with Crippen molar-refractivity contribution in [1.29, 1.82) is 0 Å². The number of nitrogens with zero attached hydrogens (tertiary/aromatic N) is 2. The number of thiazole rings is 1. The van der Waals surface area contributed by atoms with Crippen molar-refractivity contribution >= 4 is 11.3 Å². The second-order valence-electron chi connectivity index (χ2n) is 4.19. The maximum absolute atomic E-state index is 9.24. The summed E-state index contributed by atoms with van der Waals surface area (Å²) >= 11 is 1.78. The van der Waals surface area contributed by atoms with E-state index in [-0.39, 0.29) is 6.61 Å². The van der Waals surface area contributed by atoms with Crippen LogP contribution < -0.4 is 0 Å². The van der Waals surface area contributed by atoms with Crippen LogP contribution in [0.2, 0.25) is 0 Å². The van der Waals surface area contributed by atoms with Gasteiger partial charge in [-0.15, -0.1) is 11.3 Å². The van der Waals surface area contributed by atoms with Gasteiger partial charge in [0, 0.05) is 17.5 Å². The van der Waals surface area contributed by atoms with Crippen LogP contribution in [0.3, 0.4) is 0 Å². The molecule has 1 aromatic heterocycles. The van der Waals surface area contributed by atoms with E-state index in [1.165, 1.54) is 11.3 Å². The first-order valence-corrected chi connectivity index (χ1v) is 6.30. The number of aromatic nitrogens is 1. The molecule has 0 aromatic carbocycles. The van der Waals surface area contributed by atoms with Crippen molar-refractivity contribution in [3.8, 4) is 0 Å². The Labute approximate surface area is 94.8 Å². The molecule has 0 aliphatic carbocycles. The van der Waals surface area contributed by atoms with Gasteiger partial charge in [-0.3, -0.25) is 4.90 Å². The molecule has 0 saturated carbocycles. The zero-order chi connectivity index (χ0) is 10.8. The van der Waals surface area contributed by atoms with Crippen molar-refractivity contribution in [2.24, 2.45) is 0 Å². The molecular weight excluding hydrogens is 208 g/mol. The van der Waals surface area contributed by atoms with Crippen LogP contribution in [-0.4, -0.2) is 34.2 Å². The van der Waals surface area contributed by atoms with Crippen LogP contribution in [0.5, 0.6) is 0 Å². The van der Waals surface area contributed by atoms with Gasteiger partial charge in [0.25, 0.3) is 0 Å². The lowest BCUT2D eigenvalue weighted by atomic mass is 10.2. The highest BCUT2D eigenvalue weighted by Gasteiger charge is 2.24. The van der Waals surface area contributed by atoms with Gasteiger partial charge >= 0.3 is 0 Å². The van der Waals surface area contributed by atoms with Gasteiger partial charge in [0.15, 0.2) is 0 Å². The molecule has 15 heavy (non-hydrogen) atoms. The lowest BCUT2D eigenvalue weighted by Crippen LogP contribution is -2.31. The Balaban J connectivity index is 2.05. The lowest BCUT2D eigenvalue weighted by Gasteiger charge is -2.21. The van der Waals surface area contributed by atoms with E-state index in [4.69, 9.17) is 0 Å². The van der Waals surface area contributed by atoms with Crippen LogP contribution in [0.4, 0.5) is 0 Å². The topological polar surface area (TPSA) is 36.4 Å². The van der Waals surface area contributed by atoms with Crippen molar-refractivity contribution in [3.63, 3.8) is 0 Å². The van der Waals surface area contributed by atoms with Crippen LogP contribution >= 0.6 is 11.3 Å². The monoisotopic (exact) mass is 226 g/mol. The fourth-order valence-electron chi connectivity index (χ4n) is 2.21.